The summed E-state index contributed by atoms with van der Waals surface area (Å²) in [6, 6.07) is 2.39. The highest BCUT2D eigenvalue weighted by Gasteiger charge is 2.41. The summed E-state index contributed by atoms with van der Waals surface area (Å²) in [5, 5.41) is 11.3. The van der Waals surface area contributed by atoms with E-state index in [9.17, 15) is 22.8 Å². The van der Waals surface area contributed by atoms with Crippen molar-refractivity contribution in [1.29, 1.82) is 0 Å². The molecule has 142 valence electrons. The lowest BCUT2D eigenvalue weighted by molar-refractivity contribution is -0.141. The predicted octanol–water partition coefficient (Wildman–Crippen LogP) is 2.75. The number of aromatic nitrogens is 2. The van der Waals surface area contributed by atoms with Crippen molar-refractivity contribution in [3.05, 3.63) is 39.6 Å². The Labute approximate surface area is 150 Å². The number of aryl methyl sites for hydroxylation is 1. The summed E-state index contributed by atoms with van der Waals surface area (Å²) in [6.07, 6.45) is -3.21. The van der Waals surface area contributed by atoms with Gasteiger partial charge in [-0.15, -0.1) is 11.3 Å². The number of hydroxylamine groups is 1. The summed E-state index contributed by atoms with van der Waals surface area (Å²) >= 11 is 0.474. The third-order valence-corrected chi connectivity index (χ3v) is 4.75. The van der Waals surface area contributed by atoms with Crippen molar-refractivity contribution >= 4 is 23.2 Å². The smallest absolute Gasteiger partial charge is 0.347 e. The molecule has 0 aliphatic carbocycles. The molecule has 11 heteroatoms. The van der Waals surface area contributed by atoms with Crippen LogP contribution in [-0.2, 0) is 13.2 Å². The number of alkyl halides is 3. The van der Waals surface area contributed by atoms with E-state index in [1.54, 1.807) is 43.8 Å². The molecular weight excluding hydrogens is 373 g/mol. The molecule has 0 saturated heterocycles. The van der Waals surface area contributed by atoms with Crippen LogP contribution in [0.4, 0.5) is 13.2 Å². The van der Waals surface area contributed by atoms with Crippen LogP contribution < -0.4 is 10.8 Å². The molecule has 0 aliphatic rings. The van der Waals surface area contributed by atoms with Crippen LogP contribution in [0.3, 0.4) is 0 Å². The maximum atomic E-state index is 13.2. The Morgan fingerprint density at radius 3 is 2.42 bits per heavy atom. The van der Waals surface area contributed by atoms with Crippen LogP contribution in [0, 0.1) is 5.92 Å². The second-order valence-electron chi connectivity index (χ2n) is 5.87. The maximum Gasteiger partial charge on any atom is 0.435 e. The van der Waals surface area contributed by atoms with Crippen LogP contribution in [0.5, 0.6) is 0 Å². The summed E-state index contributed by atoms with van der Waals surface area (Å²) < 4.78 is 41.0. The van der Waals surface area contributed by atoms with E-state index in [0.29, 0.717) is 17.0 Å². The van der Waals surface area contributed by atoms with Gasteiger partial charge in [0, 0.05) is 13.2 Å². The average molecular weight is 390 g/mol. The first-order chi connectivity index (χ1) is 12.1. The summed E-state index contributed by atoms with van der Waals surface area (Å²) in [6.45, 7) is 3.41. The van der Waals surface area contributed by atoms with Crippen LogP contribution in [0.1, 0.15) is 50.8 Å². The van der Waals surface area contributed by atoms with Crippen molar-refractivity contribution in [2.24, 2.45) is 13.0 Å². The van der Waals surface area contributed by atoms with Gasteiger partial charge in [0.1, 0.15) is 15.6 Å². The Morgan fingerprint density at radius 1 is 1.31 bits per heavy atom. The number of halogens is 3. The molecule has 0 aliphatic heterocycles. The zero-order chi connectivity index (χ0) is 19.6. The molecule has 3 N–H and O–H groups in total. The fraction of sp³-hybridized carbons (Fsp3) is 0.400. The normalized spacial score (nSPS) is 12.9. The zero-order valence-electron chi connectivity index (χ0n) is 14.1. The third kappa shape index (κ3) is 4.05. The van der Waals surface area contributed by atoms with Gasteiger partial charge in [0.15, 0.2) is 5.69 Å². The molecule has 0 saturated carbocycles. The van der Waals surface area contributed by atoms with Crippen LogP contribution in [0.25, 0.3) is 0 Å². The molecule has 0 spiro atoms. The van der Waals surface area contributed by atoms with E-state index in [1.165, 1.54) is 5.48 Å². The second-order valence-corrected chi connectivity index (χ2v) is 6.90. The molecule has 0 radical (unpaired) electrons. The number of hydrogen-bond donors (Lipinski definition) is 3. The number of carbonyl (C=O) groups excluding carboxylic acids is 2. The van der Waals surface area contributed by atoms with Gasteiger partial charge in [-0.2, -0.15) is 13.2 Å². The number of thiazole rings is 1. The van der Waals surface area contributed by atoms with Crippen LogP contribution in [-0.4, -0.2) is 26.6 Å². The van der Waals surface area contributed by atoms with Gasteiger partial charge in [0.2, 0.25) is 0 Å². The standard InChI is InChI=1S/C15H17F3N4O3S/c1-7(2)9(19-12(23)8-5-4-6-22(8)3)14-20-11(15(16,17)18)10(26-14)13(24)21-25/h4-7,9,25H,1-3H3,(H,19,23)(H,21,24)/t9-/m0/s1. The van der Waals surface area contributed by atoms with Crippen LogP contribution >= 0.6 is 11.3 Å². The fourth-order valence-electron chi connectivity index (χ4n) is 2.29. The number of carbonyl (C=O) groups is 2. The average Bonchev–Trinajstić information content (AvgIpc) is 3.17. The molecule has 0 unspecified atom stereocenters. The highest BCUT2D eigenvalue weighted by Crippen LogP contribution is 2.37. The molecule has 0 fully saturated rings. The summed E-state index contributed by atoms with van der Waals surface area (Å²) in [4.78, 5) is 26.7. The number of amides is 2. The minimum atomic E-state index is -4.87. The Kier molecular flexibility index (Phi) is 5.71. The lowest BCUT2D eigenvalue weighted by Crippen LogP contribution is -2.32. The summed E-state index contributed by atoms with van der Waals surface area (Å²) in [7, 11) is 1.66. The van der Waals surface area contributed by atoms with Crippen molar-refractivity contribution in [3.63, 3.8) is 0 Å². The Balaban J connectivity index is 2.41. The van der Waals surface area contributed by atoms with E-state index < -0.39 is 34.6 Å². The number of hydrogen-bond acceptors (Lipinski definition) is 5. The van der Waals surface area contributed by atoms with Crippen molar-refractivity contribution in [1.82, 2.24) is 20.3 Å². The summed E-state index contributed by atoms with van der Waals surface area (Å²) in [5.74, 6) is -2.08. The third-order valence-electron chi connectivity index (χ3n) is 3.62. The monoisotopic (exact) mass is 390 g/mol. The van der Waals surface area contributed by atoms with Gasteiger partial charge >= 0.3 is 6.18 Å². The molecule has 2 heterocycles. The maximum absolute atomic E-state index is 13.2. The molecule has 7 nitrogen and oxygen atoms in total. The van der Waals surface area contributed by atoms with Crippen molar-refractivity contribution < 1.29 is 28.0 Å². The van der Waals surface area contributed by atoms with E-state index in [0.717, 1.165) is 0 Å². The number of nitrogens with one attached hydrogen (secondary N) is 2. The van der Waals surface area contributed by atoms with Gasteiger partial charge in [-0.3, -0.25) is 14.8 Å². The highest BCUT2D eigenvalue weighted by molar-refractivity contribution is 7.13. The van der Waals surface area contributed by atoms with E-state index >= 15 is 0 Å². The first kappa shape index (κ1) is 19.9. The molecule has 2 aromatic rings. The largest absolute Gasteiger partial charge is 0.435 e. The SMILES string of the molecule is CC(C)[C@H](NC(=O)c1cccn1C)c1nc(C(F)(F)F)c(C(=O)NO)s1. The van der Waals surface area contributed by atoms with E-state index in [1.807, 2.05) is 0 Å². The Morgan fingerprint density at radius 2 is 1.96 bits per heavy atom. The zero-order valence-corrected chi connectivity index (χ0v) is 14.9. The fourth-order valence-corrected chi connectivity index (χ4v) is 3.49. The van der Waals surface area contributed by atoms with Gasteiger partial charge in [0.05, 0.1) is 6.04 Å². The molecule has 26 heavy (non-hydrogen) atoms. The second kappa shape index (κ2) is 7.46. The number of rotatable bonds is 5. The van der Waals surface area contributed by atoms with Crippen LogP contribution in [0.2, 0.25) is 0 Å². The minimum Gasteiger partial charge on any atom is -0.347 e. The first-order valence-electron chi connectivity index (χ1n) is 7.50. The van der Waals surface area contributed by atoms with Crippen molar-refractivity contribution in [2.75, 3.05) is 0 Å². The number of nitrogens with zero attached hydrogens (tertiary/aromatic N) is 2. The molecule has 2 rings (SSSR count). The van der Waals surface area contributed by atoms with Crippen molar-refractivity contribution in [3.8, 4) is 0 Å². The molecule has 2 amide bonds. The molecule has 1 atom stereocenters. The van der Waals surface area contributed by atoms with Gasteiger partial charge in [0.25, 0.3) is 11.8 Å². The van der Waals surface area contributed by atoms with Gasteiger partial charge in [-0.25, -0.2) is 10.5 Å². The first-order valence-corrected chi connectivity index (χ1v) is 8.32. The lowest BCUT2D eigenvalue weighted by atomic mass is 10.0. The lowest BCUT2D eigenvalue weighted by Gasteiger charge is -2.20. The quantitative estimate of drug-likeness (QED) is 0.540. The minimum absolute atomic E-state index is 0.0755. The molecule has 0 bridgehead atoms. The Hall–Kier alpha value is -2.40. The molecule has 0 aromatic carbocycles. The van der Waals surface area contributed by atoms with Gasteiger partial charge in [-0.05, 0) is 18.1 Å². The van der Waals surface area contributed by atoms with E-state index in [-0.39, 0.29) is 10.9 Å². The van der Waals surface area contributed by atoms with Gasteiger partial charge in [-0.1, -0.05) is 13.8 Å². The van der Waals surface area contributed by atoms with Gasteiger partial charge < -0.3 is 9.88 Å². The summed E-state index contributed by atoms with van der Waals surface area (Å²) in [5.41, 5.74) is 0.117. The van der Waals surface area contributed by atoms with E-state index in [2.05, 4.69) is 10.3 Å². The van der Waals surface area contributed by atoms with Crippen LogP contribution in [0.15, 0.2) is 18.3 Å². The molecule has 2 aromatic heterocycles. The van der Waals surface area contributed by atoms with Crippen molar-refractivity contribution in [2.45, 2.75) is 26.1 Å². The van der Waals surface area contributed by atoms with E-state index in [4.69, 9.17) is 5.21 Å². The topological polar surface area (TPSA) is 96.2 Å². The predicted molar refractivity (Wildman–Crippen MR) is 86.8 cm³/mol. The molecular formula is C15H17F3N4O3S. The highest BCUT2D eigenvalue weighted by atomic mass is 32.1. The Bertz CT molecular complexity index is 813.